The molecule has 1 unspecified atom stereocenters. The van der Waals surface area contributed by atoms with Crippen LogP contribution in [0.5, 0.6) is 5.75 Å². The molecule has 3 nitrogen and oxygen atoms in total. The van der Waals surface area contributed by atoms with Gasteiger partial charge in [0.05, 0.1) is 12.2 Å². The molecule has 0 saturated carbocycles. The summed E-state index contributed by atoms with van der Waals surface area (Å²) in [7, 11) is 0. The van der Waals surface area contributed by atoms with Crippen molar-refractivity contribution in [2.45, 2.75) is 59.1 Å². The number of hydrogen-bond acceptors (Lipinski definition) is 3. The van der Waals surface area contributed by atoms with Crippen molar-refractivity contribution in [3.8, 4) is 5.75 Å². The molecule has 1 aromatic carbocycles. The molecule has 0 amide bonds. The van der Waals surface area contributed by atoms with Crippen LogP contribution in [0.3, 0.4) is 0 Å². The summed E-state index contributed by atoms with van der Waals surface area (Å²) in [5.41, 5.74) is 8.24. The zero-order chi connectivity index (χ0) is 16.0. The molecule has 1 atom stereocenters. The predicted molar refractivity (Wildman–Crippen MR) is 92.0 cm³/mol. The minimum atomic E-state index is -0.133. The number of hydrogen-bond donors (Lipinski definition) is 1. The molecule has 21 heavy (non-hydrogen) atoms. The van der Waals surface area contributed by atoms with E-state index in [2.05, 4.69) is 41.9 Å². The van der Waals surface area contributed by atoms with Crippen molar-refractivity contribution in [2.75, 3.05) is 13.2 Å². The Balaban J connectivity index is 2.75. The van der Waals surface area contributed by atoms with Gasteiger partial charge in [0, 0.05) is 10.5 Å². The number of nitrogens with two attached hydrogens (primary N) is 1. The molecule has 4 heteroatoms. The van der Waals surface area contributed by atoms with Gasteiger partial charge >= 0.3 is 0 Å². The third-order valence-electron chi connectivity index (χ3n) is 3.19. The normalized spacial score (nSPS) is 13.3. The molecule has 0 aliphatic carbocycles. The van der Waals surface area contributed by atoms with Gasteiger partial charge in [0.15, 0.2) is 0 Å². The molecule has 0 heterocycles. The first kappa shape index (κ1) is 18.5. The number of rotatable bonds is 7. The maximum atomic E-state index is 6.09. The maximum absolute atomic E-state index is 6.09. The average molecular weight is 358 g/mol. The van der Waals surface area contributed by atoms with Crippen LogP contribution in [0.25, 0.3) is 0 Å². The zero-order valence-corrected chi connectivity index (χ0v) is 15.4. The maximum Gasteiger partial charge on any atom is 0.125 e. The van der Waals surface area contributed by atoms with Crippen molar-refractivity contribution >= 4 is 15.9 Å². The van der Waals surface area contributed by atoms with Gasteiger partial charge < -0.3 is 15.2 Å². The van der Waals surface area contributed by atoms with Crippen LogP contribution in [0.2, 0.25) is 0 Å². The lowest BCUT2D eigenvalue weighted by Crippen LogP contribution is -2.24. The minimum absolute atomic E-state index is 0.133. The molecule has 0 spiro atoms. The predicted octanol–water partition coefficient (Wildman–Crippen LogP) is 4.23. The fourth-order valence-electron chi connectivity index (χ4n) is 2.08. The van der Waals surface area contributed by atoms with Crippen LogP contribution in [-0.4, -0.2) is 24.9 Å². The number of benzene rings is 1. The Hall–Kier alpha value is -0.580. The van der Waals surface area contributed by atoms with Crippen LogP contribution in [0.4, 0.5) is 0 Å². The van der Waals surface area contributed by atoms with E-state index in [-0.39, 0.29) is 11.6 Å². The molecule has 120 valence electrons. The first-order chi connectivity index (χ1) is 9.73. The van der Waals surface area contributed by atoms with Gasteiger partial charge in [-0.2, -0.15) is 0 Å². The van der Waals surface area contributed by atoms with Crippen LogP contribution in [0, 0.1) is 6.92 Å². The topological polar surface area (TPSA) is 44.5 Å². The molecular weight excluding hydrogens is 330 g/mol. The quantitative estimate of drug-likeness (QED) is 0.742. The van der Waals surface area contributed by atoms with Gasteiger partial charge in [0.2, 0.25) is 0 Å². The minimum Gasteiger partial charge on any atom is -0.491 e. The van der Waals surface area contributed by atoms with E-state index < -0.39 is 0 Å². The zero-order valence-electron chi connectivity index (χ0n) is 13.8. The number of halogens is 1. The molecule has 1 rings (SSSR count). The highest BCUT2D eigenvalue weighted by Crippen LogP contribution is 2.29. The van der Waals surface area contributed by atoms with E-state index in [1.807, 2.05) is 20.8 Å². The fourth-order valence-corrected chi connectivity index (χ4v) is 2.70. The van der Waals surface area contributed by atoms with Gasteiger partial charge in [0.25, 0.3) is 0 Å². The van der Waals surface area contributed by atoms with Crippen LogP contribution in [-0.2, 0) is 11.2 Å². The summed E-state index contributed by atoms with van der Waals surface area (Å²) >= 11 is 3.55. The van der Waals surface area contributed by atoms with E-state index in [1.165, 1.54) is 0 Å². The van der Waals surface area contributed by atoms with E-state index in [1.54, 1.807) is 0 Å². The van der Waals surface area contributed by atoms with Crippen LogP contribution in [0.1, 0.15) is 45.2 Å². The van der Waals surface area contributed by atoms with E-state index in [0.29, 0.717) is 13.2 Å². The lowest BCUT2D eigenvalue weighted by atomic mass is 10.0. The molecule has 0 bridgehead atoms. The Morgan fingerprint density at radius 3 is 2.48 bits per heavy atom. The largest absolute Gasteiger partial charge is 0.491 e. The van der Waals surface area contributed by atoms with E-state index in [0.717, 1.165) is 34.2 Å². The summed E-state index contributed by atoms with van der Waals surface area (Å²) in [6.07, 6.45) is 1.78. The lowest BCUT2D eigenvalue weighted by Gasteiger charge is -2.21. The average Bonchev–Trinajstić information content (AvgIpc) is 2.35. The number of aryl methyl sites for hydroxylation is 1. The highest BCUT2D eigenvalue weighted by Gasteiger charge is 2.13. The van der Waals surface area contributed by atoms with Gasteiger partial charge in [-0.3, -0.25) is 0 Å². The standard InChI is InChI=1S/C17H28BrNO2/c1-6-15(19)11-13-10-14(18)9-12(2)16(13)20-7-8-21-17(3,4)5/h9-10,15H,6-8,11,19H2,1-5H3. The van der Waals surface area contributed by atoms with Crippen molar-refractivity contribution < 1.29 is 9.47 Å². The molecule has 0 saturated heterocycles. The van der Waals surface area contributed by atoms with Crippen LogP contribution >= 0.6 is 15.9 Å². The molecule has 0 fully saturated rings. The van der Waals surface area contributed by atoms with Gasteiger partial charge in [-0.05, 0) is 63.8 Å². The molecule has 0 aliphatic rings. The van der Waals surface area contributed by atoms with Crippen molar-refractivity contribution in [3.63, 3.8) is 0 Å². The van der Waals surface area contributed by atoms with Crippen molar-refractivity contribution in [1.82, 2.24) is 0 Å². The third kappa shape index (κ3) is 6.81. The van der Waals surface area contributed by atoms with E-state index in [9.17, 15) is 0 Å². The van der Waals surface area contributed by atoms with Gasteiger partial charge in [-0.15, -0.1) is 0 Å². The van der Waals surface area contributed by atoms with Crippen molar-refractivity contribution in [3.05, 3.63) is 27.7 Å². The lowest BCUT2D eigenvalue weighted by molar-refractivity contribution is -0.0164. The van der Waals surface area contributed by atoms with Gasteiger partial charge in [-0.1, -0.05) is 22.9 Å². The highest BCUT2D eigenvalue weighted by atomic mass is 79.9. The summed E-state index contributed by atoms with van der Waals surface area (Å²) in [6, 6.07) is 4.33. The van der Waals surface area contributed by atoms with Crippen molar-refractivity contribution in [1.29, 1.82) is 0 Å². The Labute approximate surface area is 137 Å². The van der Waals surface area contributed by atoms with Crippen molar-refractivity contribution in [2.24, 2.45) is 5.73 Å². The van der Waals surface area contributed by atoms with Crippen LogP contribution < -0.4 is 10.5 Å². The fraction of sp³-hybridized carbons (Fsp3) is 0.647. The van der Waals surface area contributed by atoms with E-state index in [4.69, 9.17) is 15.2 Å². The molecule has 0 aliphatic heterocycles. The summed E-state index contributed by atoms with van der Waals surface area (Å²) < 4.78 is 12.7. The second-order valence-corrected chi connectivity index (χ2v) is 7.31. The Morgan fingerprint density at radius 1 is 1.24 bits per heavy atom. The SMILES string of the molecule is CCC(N)Cc1cc(Br)cc(C)c1OCCOC(C)(C)C. The highest BCUT2D eigenvalue weighted by molar-refractivity contribution is 9.10. The monoisotopic (exact) mass is 357 g/mol. The Kier molecular flexibility index (Phi) is 7.17. The summed E-state index contributed by atoms with van der Waals surface area (Å²) in [4.78, 5) is 0. The third-order valence-corrected chi connectivity index (χ3v) is 3.65. The first-order valence-electron chi connectivity index (χ1n) is 7.54. The summed E-state index contributed by atoms with van der Waals surface area (Å²) in [6.45, 7) is 11.4. The second-order valence-electron chi connectivity index (χ2n) is 6.39. The summed E-state index contributed by atoms with van der Waals surface area (Å²) in [5.74, 6) is 0.944. The van der Waals surface area contributed by atoms with Crippen LogP contribution in [0.15, 0.2) is 16.6 Å². The molecule has 0 aromatic heterocycles. The first-order valence-corrected chi connectivity index (χ1v) is 8.33. The van der Waals surface area contributed by atoms with Gasteiger partial charge in [-0.25, -0.2) is 0 Å². The molecular formula is C17H28BrNO2. The Bertz CT molecular complexity index is 455. The second kappa shape index (κ2) is 8.16. The summed E-state index contributed by atoms with van der Waals surface area (Å²) in [5, 5.41) is 0. The molecule has 0 radical (unpaired) electrons. The smallest absolute Gasteiger partial charge is 0.125 e. The molecule has 2 N–H and O–H groups in total. The van der Waals surface area contributed by atoms with E-state index >= 15 is 0 Å². The Morgan fingerprint density at radius 2 is 1.90 bits per heavy atom. The van der Waals surface area contributed by atoms with Gasteiger partial charge in [0.1, 0.15) is 12.4 Å². The molecule has 1 aromatic rings. The number of ether oxygens (including phenoxy) is 2.